The quantitative estimate of drug-likeness (QED) is 0.759. The molecule has 0 saturated carbocycles. The Morgan fingerprint density at radius 3 is 2.81 bits per heavy atom. The first kappa shape index (κ1) is 13.9. The summed E-state index contributed by atoms with van der Waals surface area (Å²) in [5.41, 5.74) is -1.08. The van der Waals surface area contributed by atoms with Crippen molar-refractivity contribution in [3.63, 3.8) is 0 Å². The third-order valence-electron chi connectivity index (χ3n) is 3.84. The van der Waals surface area contributed by atoms with E-state index < -0.39 is 5.67 Å². The van der Waals surface area contributed by atoms with E-state index in [1.54, 1.807) is 14.0 Å². The van der Waals surface area contributed by atoms with Gasteiger partial charge >= 0.3 is 0 Å². The largest absolute Gasteiger partial charge is 0.385 e. The van der Waals surface area contributed by atoms with Crippen molar-refractivity contribution in [1.82, 2.24) is 5.32 Å². The van der Waals surface area contributed by atoms with Gasteiger partial charge in [0.25, 0.3) is 0 Å². The zero-order chi connectivity index (χ0) is 12.0. The maximum Gasteiger partial charge on any atom is 0.112 e. The van der Waals surface area contributed by atoms with Crippen LogP contribution in [-0.2, 0) is 4.74 Å². The van der Waals surface area contributed by atoms with E-state index in [4.69, 9.17) is 4.74 Å². The number of ether oxygens (including phenoxy) is 1. The molecule has 1 aliphatic rings. The highest BCUT2D eigenvalue weighted by molar-refractivity contribution is 4.86. The summed E-state index contributed by atoms with van der Waals surface area (Å²) < 4.78 is 19.5. The van der Waals surface area contributed by atoms with Gasteiger partial charge in [-0.25, -0.2) is 4.39 Å². The van der Waals surface area contributed by atoms with Crippen LogP contribution in [-0.4, -0.2) is 32.0 Å². The molecule has 0 bridgehead atoms. The van der Waals surface area contributed by atoms with Gasteiger partial charge in [0.15, 0.2) is 0 Å². The topological polar surface area (TPSA) is 21.3 Å². The number of rotatable bonds is 6. The van der Waals surface area contributed by atoms with Crippen LogP contribution in [0.3, 0.4) is 0 Å². The molecule has 1 rings (SSSR count). The summed E-state index contributed by atoms with van der Waals surface area (Å²) in [4.78, 5) is 0. The van der Waals surface area contributed by atoms with Crippen LogP contribution in [0.1, 0.15) is 46.0 Å². The van der Waals surface area contributed by atoms with Gasteiger partial charge in [-0.3, -0.25) is 0 Å². The summed E-state index contributed by atoms with van der Waals surface area (Å²) >= 11 is 0. The van der Waals surface area contributed by atoms with Gasteiger partial charge in [-0.05, 0) is 45.1 Å². The Labute approximate surface area is 98.9 Å². The number of methoxy groups -OCH3 is 1. The predicted octanol–water partition coefficient (Wildman–Crippen LogP) is 2.92. The van der Waals surface area contributed by atoms with Gasteiger partial charge in [0.05, 0.1) is 0 Å². The SMILES string of the molecule is COCCC(C)C(C)(F)CC1CCCCN1. The summed E-state index contributed by atoms with van der Waals surface area (Å²) in [7, 11) is 1.67. The standard InChI is InChI=1S/C13H26FNO/c1-11(7-9-16-3)13(2,14)10-12-6-4-5-8-15-12/h11-12,15H,4-10H2,1-3H3. The Balaban J connectivity index is 2.35. The molecule has 3 heteroatoms. The summed E-state index contributed by atoms with van der Waals surface area (Å²) in [5, 5.41) is 3.41. The molecule has 1 saturated heterocycles. The summed E-state index contributed by atoms with van der Waals surface area (Å²) in [5.74, 6) is 0.0659. The molecule has 0 spiro atoms. The van der Waals surface area contributed by atoms with Gasteiger partial charge in [-0.15, -0.1) is 0 Å². The normalized spacial score (nSPS) is 27.4. The highest BCUT2D eigenvalue weighted by atomic mass is 19.1. The lowest BCUT2D eigenvalue weighted by molar-refractivity contribution is 0.0594. The summed E-state index contributed by atoms with van der Waals surface area (Å²) in [6, 6.07) is 0.369. The van der Waals surface area contributed by atoms with Gasteiger partial charge in [-0.1, -0.05) is 13.3 Å². The van der Waals surface area contributed by atoms with E-state index >= 15 is 0 Å². The molecule has 1 aliphatic heterocycles. The minimum Gasteiger partial charge on any atom is -0.385 e. The number of alkyl halides is 1. The highest BCUT2D eigenvalue weighted by Crippen LogP contribution is 2.31. The van der Waals surface area contributed by atoms with E-state index in [9.17, 15) is 4.39 Å². The first-order chi connectivity index (χ1) is 7.56. The van der Waals surface area contributed by atoms with Crippen molar-refractivity contribution in [3.8, 4) is 0 Å². The summed E-state index contributed by atoms with van der Waals surface area (Å²) in [6.45, 7) is 5.43. The van der Waals surface area contributed by atoms with Gasteiger partial charge in [-0.2, -0.15) is 0 Å². The molecular formula is C13H26FNO. The number of halogens is 1. The second-order valence-electron chi connectivity index (χ2n) is 5.31. The molecule has 1 fully saturated rings. The molecule has 3 unspecified atom stereocenters. The third-order valence-corrected chi connectivity index (χ3v) is 3.84. The van der Waals surface area contributed by atoms with Gasteiger partial charge in [0.2, 0.25) is 0 Å². The molecule has 0 amide bonds. The molecule has 0 radical (unpaired) electrons. The molecular weight excluding hydrogens is 205 g/mol. The van der Waals surface area contributed by atoms with Gasteiger partial charge in [0, 0.05) is 19.8 Å². The Hall–Kier alpha value is -0.150. The molecule has 3 atom stereocenters. The number of nitrogens with one attached hydrogen (secondary N) is 1. The fourth-order valence-corrected chi connectivity index (χ4v) is 2.38. The maximum atomic E-state index is 14.5. The fraction of sp³-hybridized carbons (Fsp3) is 1.00. The van der Waals surface area contributed by atoms with Crippen LogP contribution < -0.4 is 5.32 Å². The lowest BCUT2D eigenvalue weighted by atomic mass is 9.83. The monoisotopic (exact) mass is 231 g/mol. The minimum absolute atomic E-state index is 0.0659. The van der Waals surface area contributed by atoms with Crippen molar-refractivity contribution < 1.29 is 9.13 Å². The average Bonchev–Trinajstić information content (AvgIpc) is 2.26. The number of hydrogen-bond donors (Lipinski definition) is 1. The molecule has 1 N–H and O–H groups in total. The molecule has 96 valence electrons. The molecule has 2 nitrogen and oxygen atoms in total. The van der Waals surface area contributed by atoms with Crippen LogP contribution in [0, 0.1) is 5.92 Å². The van der Waals surface area contributed by atoms with Crippen molar-refractivity contribution >= 4 is 0 Å². The number of hydrogen-bond acceptors (Lipinski definition) is 2. The second-order valence-corrected chi connectivity index (χ2v) is 5.31. The molecule has 0 aromatic rings. The Kier molecular flexibility index (Phi) is 5.70. The van der Waals surface area contributed by atoms with Gasteiger partial charge in [0.1, 0.15) is 5.67 Å². The van der Waals surface area contributed by atoms with Crippen LogP contribution in [0.2, 0.25) is 0 Å². The third kappa shape index (κ3) is 4.38. The van der Waals surface area contributed by atoms with Crippen molar-refractivity contribution in [3.05, 3.63) is 0 Å². The Bertz CT molecular complexity index is 190. The second kappa shape index (κ2) is 6.55. The maximum absolute atomic E-state index is 14.5. The van der Waals surface area contributed by atoms with Crippen LogP contribution >= 0.6 is 0 Å². The van der Waals surface area contributed by atoms with E-state index in [1.807, 2.05) is 6.92 Å². The van der Waals surface area contributed by atoms with Crippen molar-refractivity contribution in [2.75, 3.05) is 20.3 Å². The van der Waals surface area contributed by atoms with Crippen molar-refractivity contribution in [2.24, 2.45) is 5.92 Å². The van der Waals surface area contributed by atoms with Crippen LogP contribution in [0.25, 0.3) is 0 Å². The Morgan fingerprint density at radius 1 is 1.50 bits per heavy atom. The summed E-state index contributed by atoms with van der Waals surface area (Å²) in [6.07, 6.45) is 5.03. The van der Waals surface area contributed by atoms with E-state index in [0.717, 1.165) is 19.4 Å². The Morgan fingerprint density at radius 2 is 2.25 bits per heavy atom. The molecule has 0 aromatic heterocycles. The fourth-order valence-electron chi connectivity index (χ4n) is 2.38. The van der Waals surface area contributed by atoms with E-state index in [-0.39, 0.29) is 5.92 Å². The smallest absolute Gasteiger partial charge is 0.112 e. The average molecular weight is 231 g/mol. The molecule has 16 heavy (non-hydrogen) atoms. The molecule has 1 heterocycles. The lowest BCUT2D eigenvalue weighted by Crippen LogP contribution is -2.41. The van der Waals surface area contributed by atoms with E-state index in [1.165, 1.54) is 12.8 Å². The van der Waals surface area contributed by atoms with E-state index in [0.29, 0.717) is 19.1 Å². The first-order valence-corrected chi connectivity index (χ1v) is 6.47. The predicted molar refractivity (Wildman–Crippen MR) is 65.4 cm³/mol. The molecule has 0 aromatic carbocycles. The lowest BCUT2D eigenvalue weighted by Gasteiger charge is -2.33. The number of piperidine rings is 1. The van der Waals surface area contributed by atoms with Crippen molar-refractivity contribution in [1.29, 1.82) is 0 Å². The zero-order valence-corrected chi connectivity index (χ0v) is 10.9. The minimum atomic E-state index is -1.08. The highest BCUT2D eigenvalue weighted by Gasteiger charge is 2.33. The zero-order valence-electron chi connectivity index (χ0n) is 10.9. The first-order valence-electron chi connectivity index (χ1n) is 6.47. The van der Waals surface area contributed by atoms with Gasteiger partial charge < -0.3 is 10.1 Å². The van der Waals surface area contributed by atoms with Crippen LogP contribution in [0.5, 0.6) is 0 Å². The van der Waals surface area contributed by atoms with E-state index in [2.05, 4.69) is 5.32 Å². The van der Waals surface area contributed by atoms with Crippen LogP contribution in [0.4, 0.5) is 4.39 Å². The molecule has 0 aliphatic carbocycles. The van der Waals surface area contributed by atoms with Crippen LogP contribution in [0.15, 0.2) is 0 Å². The van der Waals surface area contributed by atoms with Crippen molar-refractivity contribution in [2.45, 2.75) is 57.7 Å².